The summed E-state index contributed by atoms with van der Waals surface area (Å²) >= 11 is 0. The molecule has 0 aliphatic rings. The van der Waals surface area contributed by atoms with Gasteiger partial charge in [0.1, 0.15) is 0 Å². The molecular weight excluding hydrogens is 306 g/mol. The SMILES string of the molecule is CCP(c1ccccc1)c1ccccc1.[Pd]. The molecule has 0 aromatic heterocycles. The van der Waals surface area contributed by atoms with Crippen molar-refractivity contribution in [2.24, 2.45) is 0 Å². The van der Waals surface area contributed by atoms with Gasteiger partial charge in [0.15, 0.2) is 0 Å². The summed E-state index contributed by atoms with van der Waals surface area (Å²) in [5, 5.41) is 2.95. The average Bonchev–Trinajstić information content (AvgIpc) is 2.33. The summed E-state index contributed by atoms with van der Waals surface area (Å²) < 4.78 is 0. The molecule has 0 N–H and O–H groups in total. The first-order valence-corrected chi connectivity index (χ1v) is 6.82. The predicted molar refractivity (Wildman–Crippen MR) is 69.6 cm³/mol. The van der Waals surface area contributed by atoms with E-state index in [2.05, 4.69) is 67.6 Å². The number of benzene rings is 2. The van der Waals surface area contributed by atoms with Crippen LogP contribution in [0.2, 0.25) is 0 Å². The second kappa shape index (κ2) is 6.98. The van der Waals surface area contributed by atoms with Gasteiger partial charge in [-0.1, -0.05) is 67.6 Å². The van der Waals surface area contributed by atoms with Crippen LogP contribution < -0.4 is 10.6 Å². The van der Waals surface area contributed by atoms with Crippen molar-refractivity contribution in [3.63, 3.8) is 0 Å². The van der Waals surface area contributed by atoms with Gasteiger partial charge in [0.25, 0.3) is 0 Å². The van der Waals surface area contributed by atoms with E-state index in [0.29, 0.717) is 0 Å². The summed E-state index contributed by atoms with van der Waals surface area (Å²) in [6.45, 7) is 2.27. The van der Waals surface area contributed by atoms with Gasteiger partial charge in [-0.15, -0.1) is 0 Å². The molecular formula is C14H15PPd. The standard InChI is InChI=1S/C14H15P.Pd/c1-2-15(13-9-5-3-6-10-13)14-11-7-4-8-12-14;/h3-12H,2H2,1H3;. The molecule has 0 nitrogen and oxygen atoms in total. The summed E-state index contributed by atoms with van der Waals surface area (Å²) in [4.78, 5) is 0. The molecule has 0 fully saturated rings. The fourth-order valence-electron chi connectivity index (χ4n) is 1.73. The first-order chi connectivity index (χ1) is 7.42. The van der Waals surface area contributed by atoms with E-state index in [0.717, 1.165) is 0 Å². The Labute approximate surface area is 112 Å². The maximum absolute atomic E-state index is 2.27. The van der Waals surface area contributed by atoms with E-state index >= 15 is 0 Å². The van der Waals surface area contributed by atoms with Crippen molar-refractivity contribution in [1.29, 1.82) is 0 Å². The fraction of sp³-hybridized carbons (Fsp3) is 0.143. The van der Waals surface area contributed by atoms with Gasteiger partial charge >= 0.3 is 0 Å². The Balaban J connectivity index is 0.00000128. The fourth-order valence-corrected chi connectivity index (χ4v) is 3.82. The summed E-state index contributed by atoms with van der Waals surface area (Å²) in [6.07, 6.45) is 1.21. The third-order valence-corrected chi connectivity index (χ3v) is 4.93. The van der Waals surface area contributed by atoms with Crippen molar-refractivity contribution in [1.82, 2.24) is 0 Å². The Morgan fingerprint density at radius 3 is 1.44 bits per heavy atom. The summed E-state index contributed by atoms with van der Waals surface area (Å²) in [5.74, 6) is 0. The van der Waals surface area contributed by atoms with Crippen LogP contribution >= 0.6 is 7.92 Å². The van der Waals surface area contributed by atoms with Gasteiger partial charge in [0, 0.05) is 20.4 Å². The Morgan fingerprint density at radius 2 is 1.12 bits per heavy atom. The second-order valence-electron chi connectivity index (χ2n) is 3.42. The molecule has 0 atom stereocenters. The largest absolute Gasteiger partial charge is 0.0622 e. The summed E-state index contributed by atoms with van der Waals surface area (Å²) in [7, 11) is -0.149. The van der Waals surface area contributed by atoms with Crippen molar-refractivity contribution in [2.75, 3.05) is 6.16 Å². The van der Waals surface area contributed by atoms with Crippen molar-refractivity contribution >= 4 is 18.5 Å². The van der Waals surface area contributed by atoms with E-state index < -0.39 is 0 Å². The normalized spacial score (nSPS) is 9.88. The van der Waals surface area contributed by atoms with Crippen LogP contribution in [-0.4, -0.2) is 6.16 Å². The minimum atomic E-state index is -0.149. The van der Waals surface area contributed by atoms with E-state index in [1.165, 1.54) is 16.8 Å². The molecule has 0 spiro atoms. The van der Waals surface area contributed by atoms with E-state index in [1.54, 1.807) is 0 Å². The van der Waals surface area contributed by atoms with Crippen LogP contribution in [0.1, 0.15) is 6.92 Å². The van der Waals surface area contributed by atoms with Crippen LogP contribution in [-0.2, 0) is 20.4 Å². The van der Waals surface area contributed by atoms with Crippen LogP contribution in [0.5, 0.6) is 0 Å². The van der Waals surface area contributed by atoms with Crippen molar-refractivity contribution in [3.8, 4) is 0 Å². The quantitative estimate of drug-likeness (QED) is 0.602. The molecule has 86 valence electrons. The molecule has 2 aromatic carbocycles. The molecule has 0 saturated carbocycles. The third kappa shape index (κ3) is 3.26. The molecule has 2 rings (SSSR count). The molecule has 0 bridgehead atoms. The van der Waals surface area contributed by atoms with Crippen LogP contribution in [0.15, 0.2) is 60.7 Å². The first-order valence-electron chi connectivity index (χ1n) is 5.29. The van der Waals surface area contributed by atoms with Crippen LogP contribution in [0.4, 0.5) is 0 Å². The summed E-state index contributed by atoms with van der Waals surface area (Å²) in [5.41, 5.74) is 0. The minimum Gasteiger partial charge on any atom is -0.0622 e. The zero-order chi connectivity index (χ0) is 10.5. The van der Waals surface area contributed by atoms with E-state index in [-0.39, 0.29) is 28.3 Å². The minimum absolute atomic E-state index is 0. The molecule has 0 radical (unpaired) electrons. The van der Waals surface area contributed by atoms with Crippen molar-refractivity contribution < 1.29 is 20.4 Å². The smallest absolute Gasteiger partial charge is 0 e. The third-order valence-electron chi connectivity index (χ3n) is 2.45. The maximum Gasteiger partial charge on any atom is 0 e. The van der Waals surface area contributed by atoms with Gasteiger partial charge in [-0.05, 0) is 24.7 Å². The zero-order valence-corrected chi connectivity index (χ0v) is 11.7. The Hall–Kier alpha value is -0.468. The number of hydrogen-bond acceptors (Lipinski definition) is 0. The first kappa shape index (κ1) is 13.6. The summed E-state index contributed by atoms with van der Waals surface area (Å²) in [6, 6.07) is 21.6. The average molecular weight is 321 g/mol. The molecule has 0 unspecified atom stereocenters. The molecule has 0 aliphatic carbocycles. The molecule has 0 heterocycles. The zero-order valence-electron chi connectivity index (χ0n) is 9.24. The molecule has 2 aromatic rings. The molecule has 0 aliphatic heterocycles. The topological polar surface area (TPSA) is 0 Å². The van der Waals surface area contributed by atoms with Gasteiger partial charge in [-0.25, -0.2) is 0 Å². The molecule has 0 amide bonds. The molecule has 16 heavy (non-hydrogen) atoms. The van der Waals surface area contributed by atoms with Crippen LogP contribution in [0.25, 0.3) is 0 Å². The van der Waals surface area contributed by atoms with Gasteiger partial charge in [-0.2, -0.15) is 0 Å². The Morgan fingerprint density at radius 1 is 0.750 bits per heavy atom. The van der Waals surface area contributed by atoms with Crippen molar-refractivity contribution in [3.05, 3.63) is 60.7 Å². The van der Waals surface area contributed by atoms with E-state index in [9.17, 15) is 0 Å². The number of rotatable bonds is 3. The van der Waals surface area contributed by atoms with Gasteiger partial charge in [-0.3, -0.25) is 0 Å². The van der Waals surface area contributed by atoms with Crippen LogP contribution in [0, 0.1) is 0 Å². The Kier molecular flexibility index (Phi) is 5.93. The Bertz CT molecular complexity index is 360. The maximum atomic E-state index is 2.27. The molecule has 0 saturated heterocycles. The predicted octanol–water partition coefficient (Wildman–Crippen LogP) is 3.14. The van der Waals surface area contributed by atoms with Gasteiger partial charge in [0.05, 0.1) is 0 Å². The van der Waals surface area contributed by atoms with E-state index in [4.69, 9.17) is 0 Å². The van der Waals surface area contributed by atoms with E-state index in [1.807, 2.05) is 0 Å². The second-order valence-corrected chi connectivity index (χ2v) is 5.94. The molecule has 2 heteroatoms. The van der Waals surface area contributed by atoms with Gasteiger partial charge < -0.3 is 0 Å². The number of hydrogen-bond donors (Lipinski definition) is 0. The van der Waals surface area contributed by atoms with Crippen molar-refractivity contribution in [2.45, 2.75) is 6.92 Å². The monoisotopic (exact) mass is 320 g/mol. The van der Waals surface area contributed by atoms with Gasteiger partial charge in [0.2, 0.25) is 0 Å². The van der Waals surface area contributed by atoms with Crippen LogP contribution in [0.3, 0.4) is 0 Å².